The molecular formula is C11H13F3N2O2S2. The largest absolute Gasteiger partial charge is 0.402 e. The van der Waals surface area contributed by atoms with Gasteiger partial charge in [0.1, 0.15) is 11.5 Å². The number of thiocarbonyl (C=S) groups is 1. The van der Waals surface area contributed by atoms with Crippen LogP contribution in [0, 0.1) is 6.92 Å². The average molecular weight is 326 g/mol. The fourth-order valence-corrected chi connectivity index (χ4v) is 3.08. The summed E-state index contributed by atoms with van der Waals surface area (Å²) in [5, 5.41) is 0. The van der Waals surface area contributed by atoms with Crippen LogP contribution in [0.5, 0.6) is 0 Å². The summed E-state index contributed by atoms with van der Waals surface area (Å²) in [6.45, 7) is -0.0814. The molecule has 1 rings (SSSR count). The van der Waals surface area contributed by atoms with Crippen LogP contribution in [0.1, 0.15) is 11.1 Å². The molecule has 0 bridgehead atoms. The second-order valence-corrected chi connectivity index (χ2v) is 6.67. The van der Waals surface area contributed by atoms with Gasteiger partial charge in [0.25, 0.3) is 0 Å². The molecule has 0 saturated heterocycles. The standard InChI is InChI=1S/C11H13F3N2O2S2/c1-7-5-8(10(15)19)3-4-9(7)20(17,18)16(2)6-11(12,13)14/h3-5H,6H2,1-2H3,(H2,15,19). The number of benzene rings is 1. The first-order valence-corrected chi connectivity index (χ1v) is 7.23. The van der Waals surface area contributed by atoms with Crippen molar-refractivity contribution in [2.24, 2.45) is 5.73 Å². The van der Waals surface area contributed by atoms with Gasteiger partial charge in [0, 0.05) is 12.6 Å². The van der Waals surface area contributed by atoms with Crippen LogP contribution >= 0.6 is 12.2 Å². The summed E-state index contributed by atoms with van der Waals surface area (Å²) in [5.74, 6) is 0. The number of nitrogens with two attached hydrogens (primary N) is 1. The van der Waals surface area contributed by atoms with E-state index in [-0.39, 0.29) is 19.8 Å². The minimum absolute atomic E-state index is 0.0840. The lowest BCUT2D eigenvalue weighted by molar-refractivity contribution is -0.134. The van der Waals surface area contributed by atoms with Gasteiger partial charge in [0.05, 0.1) is 4.90 Å². The van der Waals surface area contributed by atoms with E-state index in [4.69, 9.17) is 18.0 Å². The lowest BCUT2D eigenvalue weighted by atomic mass is 10.1. The number of aryl methyl sites for hydroxylation is 1. The third-order valence-electron chi connectivity index (χ3n) is 2.55. The number of halogens is 3. The van der Waals surface area contributed by atoms with E-state index in [9.17, 15) is 21.6 Å². The summed E-state index contributed by atoms with van der Waals surface area (Å²) in [7, 11) is -3.34. The van der Waals surface area contributed by atoms with Gasteiger partial charge in [-0.25, -0.2) is 8.42 Å². The highest BCUT2D eigenvalue weighted by atomic mass is 32.2. The number of hydrogen-bond acceptors (Lipinski definition) is 3. The van der Waals surface area contributed by atoms with Crippen LogP contribution < -0.4 is 5.73 Å². The molecule has 4 nitrogen and oxygen atoms in total. The molecule has 9 heteroatoms. The maximum Gasteiger partial charge on any atom is 0.402 e. The molecular weight excluding hydrogens is 313 g/mol. The van der Waals surface area contributed by atoms with Crippen molar-refractivity contribution < 1.29 is 21.6 Å². The van der Waals surface area contributed by atoms with Crippen molar-refractivity contribution in [2.75, 3.05) is 13.6 Å². The second kappa shape index (κ2) is 5.66. The minimum atomic E-state index is -4.60. The van der Waals surface area contributed by atoms with E-state index in [1.54, 1.807) is 0 Å². The van der Waals surface area contributed by atoms with Crippen molar-refractivity contribution in [3.63, 3.8) is 0 Å². The van der Waals surface area contributed by atoms with Crippen molar-refractivity contribution in [1.29, 1.82) is 0 Å². The fourth-order valence-electron chi connectivity index (χ4n) is 1.60. The third-order valence-corrected chi connectivity index (χ3v) is 4.75. The number of sulfonamides is 1. The van der Waals surface area contributed by atoms with E-state index in [1.165, 1.54) is 25.1 Å². The Kier molecular flexibility index (Phi) is 4.78. The van der Waals surface area contributed by atoms with Crippen molar-refractivity contribution in [3.8, 4) is 0 Å². The lowest BCUT2D eigenvalue weighted by Gasteiger charge is -2.20. The van der Waals surface area contributed by atoms with Crippen LogP contribution in [-0.2, 0) is 10.0 Å². The van der Waals surface area contributed by atoms with Crippen molar-refractivity contribution >= 4 is 27.2 Å². The molecule has 1 aromatic rings. The Morgan fingerprint density at radius 1 is 1.40 bits per heavy atom. The van der Waals surface area contributed by atoms with E-state index in [0.717, 1.165) is 7.05 Å². The Morgan fingerprint density at radius 3 is 2.35 bits per heavy atom. The molecule has 0 saturated carbocycles. The monoisotopic (exact) mass is 326 g/mol. The molecule has 0 aliphatic carbocycles. The molecule has 0 aliphatic rings. The van der Waals surface area contributed by atoms with Gasteiger partial charge in [-0.3, -0.25) is 0 Å². The van der Waals surface area contributed by atoms with Gasteiger partial charge in [-0.05, 0) is 24.6 Å². The molecule has 0 radical (unpaired) electrons. The summed E-state index contributed by atoms with van der Waals surface area (Å²) in [6.07, 6.45) is -4.60. The Hall–Kier alpha value is -1.19. The van der Waals surface area contributed by atoms with Gasteiger partial charge in [0.15, 0.2) is 0 Å². The molecule has 1 aromatic carbocycles. The van der Waals surface area contributed by atoms with Gasteiger partial charge >= 0.3 is 6.18 Å². The van der Waals surface area contributed by atoms with Crippen molar-refractivity contribution in [3.05, 3.63) is 29.3 Å². The van der Waals surface area contributed by atoms with E-state index < -0.39 is 22.7 Å². The number of rotatable bonds is 4. The highest BCUT2D eigenvalue weighted by molar-refractivity contribution is 7.89. The quantitative estimate of drug-likeness (QED) is 0.857. The highest BCUT2D eigenvalue weighted by Crippen LogP contribution is 2.24. The molecule has 0 aromatic heterocycles. The molecule has 0 atom stereocenters. The molecule has 0 heterocycles. The molecule has 2 N–H and O–H groups in total. The maximum absolute atomic E-state index is 12.3. The Morgan fingerprint density at radius 2 is 1.95 bits per heavy atom. The average Bonchev–Trinajstić information content (AvgIpc) is 2.25. The first-order valence-electron chi connectivity index (χ1n) is 5.38. The van der Waals surface area contributed by atoms with Gasteiger partial charge < -0.3 is 5.73 Å². The minimum Gasteiger partial charge on any atom is -0.389 e. The van der Waals surface area contributed by atoms with E-state index in [0.29, 0.717) is 5.56 Å². The third kappa shape index (κ3) is 3.90. The Balaban J connectivity index is 3.20. The first kappa shape index (κ1) is 16.9. The molecule has 0 amide bonds. The zero-order valence-electron chi connectivity index (χ0n) is 10.7. The van der Waals surface area contributed by atoms with Gasteiger partial charge in [-0.2, -0.15) is 17.5 Å². The first-order chi connectivity index (χ1) is 8.95. The van der Waals surface area contributed by atoms with E-state index in [2.05, 4.69) is 0 Å². The van der Waals surface area contributed by atoms with Gasteiger partial charge in [0.2, 0.25) is 10.0 Å². The summed E-state index contributed by atoms with van der Waals surface area (Å²) < 4.78 is 61.3. The smallest absolute Gasteiger partial charge is 0.389 e. The van der Waals surface area contributed by atoms with Crippen LogP contribution in [0.2, 0.25) is 0 Å². The van der Waals surface area contributed by atoms with Crippen LogP contribution in [0.25, 0.3) is 0 Å². The molecule has 0 unspecified atom stereocenters. The number of alkyl halides is 3. The van der Waals surface area contributed by atoms with Crippen LogP contribution in [0.15, 0.2) is 23.1 Å². The second-order valence-electron chi connectivity index (χ2n) is 4.22. The predicted octanol–water partition coefficient (Wildman–Crippen LogP) is 1.81. The molecule has 20 heavy (non-hydrogen) atoms. The van der Waals surface area contributed by atoms with Crippen molar-refractivity contribution in [2.45, 2.75) is 18.0 Å². The Labute approximate surface area is 120 Å². The van der Waals surface area contributed by atoms with Crippen LogP contribution in [-0.4, -0.2) is 37.5 Å². The maximum atomic E-state index is 12.3. The summed E-state index contributed by atoms with van der Waals surface area (Å²) in [5.41, 5.74) is 6.14. The SMILES string of the molecule is Cc1cc(C(N)=S)ccc1S(=O)(=O)N(C)CC(F)(F)F. The number of hydrogen-bond donors (Lipinski definition) is 1. The highest BCUT2D eigenvalue weighted by Gasteiger charge is 2.35. The molecule has 0 fully saturated rings. The summed E-state index contributed by atoms with van der Waals surface area (Å²) >= 11 is 4.75. The van der Waals surface area contributed by atoms with Crippen molar-refractivity contribution in [1.82, 2.24) is 4.31 Å². The Bertz CT molecular complexity index is 627. The zero-order chi connectivity index (χ0) is 15.7. The predicted molar refractivity (Wildman–Crippen MR) is 72.9 cm³/mol. The van der Waals surface area contributed by atoms with E-state index in [1.807, 2.05) is 0 Å². The molecule has 112 valence electrons. The van der Waals surface area contributed by atoms with Crippen LogP contribution in [0.3, 0.4) is 0 Å². The fraction of sp³-hybridized carbons (Fsp3) is 0.364. The van der Waals surface area contributed by atoms with Gasteiger partial charge in [-0.15, -0.1) is 0 Å². The normalized spacial score (nSPS) is 12.7. The van der Waals surface area contributed by atoms with Gasteiger partial charge in [-0.1, -0.05) is 18.3 Å². The van der Waals surface area contributed by atoms with Crippen LogP contribution in [0.4, 0.5) is 13.2 Å². The summed E-state index contributed by atoms with van der Waals surface area (Å²) in [6, 6.07) is 3.99. The number of nitrogens with zero attached hydrogens (tertiary/aromatic N) is 1. The topological polar surface area (TPSA) is 63.4 Å². The van der Waals surface area contributed by atoms with E-state index >= 15 is 0 Å². The lowest BCUT2D eigenvalue weighted by Crippen LogP contribution is -2.36. The zero-order valence-corrected chi connectivity index (χ0v) is 12.4. The molecule has 0 aliphatic heterocycles. The molecule has 0 spiro atoms. The summed E-state index contributed by atoms with van der Waals surface area (Å²) in [4.78, 5) is -0.120.